The maximum atomic E-state index is 11.4. The highest BCUT2D eigenvalue weighted by atomic mass is 79.9. The quantitative estimate of drug-likeness (QED) is 0.903. The van der Waals surface area contributed by atoms with Crippen LogP contribution in [0.5, 0.6) is 0 Å². The summed E-state index contributed by atoms with van der Waals surface area (Å²) in [5, 5.41) is 10.3. The molecule has 16 heavy (non-hydrogen) atoms. The number of aliphatic hydroxyl groups excluding tert-OH is 1. The number of likely N-dealkylation sites (N-methyl/N-ethyl adjacent to an activating group) is 1. The van der Waals surface area contributed by atoms with E-state index in [1.54, 1.807) is 11.9 Å². The highest BCUT2D eigenvalue weighted by Crippen LogP contribution is 2.32. The van der Waals surface area contributed by atoms with Gasteiger partial charge in [-0.25, -0.2) is 0 Å². The minimum Gasteiger partial charge on any atom is -0.386 e. The zero-order valence-electron chi connectivity index (χ0n) is 9.06. The number of halogens is 1. The molecule has 0 radical (unpaired) electrons. The largest absolute Gasteiger partial charge is 0.386 e. The summed E-state index contributed by atoms with van der Waals surface area (Å²) in [7, 11) is 1.75. The number of carbonyl (C=O) groups excluding carboxylic acids is 1. The number of aliphatic hydroxyl groups is 1. The van der Waals surface area contributed by atoms with Crippen LogP contribution in [0.4, 0.5) is 0 Å². The van der Waals surface area contributed by atoms with Gasteiger partial charge in [0, 0.05) is 17.9 Å². The van der Waals surface area contributed by atoms with Crippen molar-refractivity contribution in [3.05, 3.63) is 34.3 Å². The van der Waals surface area contributed by atoms with Crippen LogP contribution >= 0.6 is 15.9 Å². The van der Waals surface area contributed by atoms with Gasteiger partial charge in [-0.3, -0.25) is 4.79 Å². The van der Waals surface area contributed by atoms with Gasteiger partial charge in [0.05, 0.1) is 6.04 Å². The monoisotopic (exact) mass is 283 g/mol. The van der Waals surface area contributed by atoms with E-state index < -0.39 is 6.10 Å². The molecule has 1 aromatic rings. The molecule has 1 aliphatic heterocycles. The Hall–Kier alpha value is -0.870. The van der Waals surface area contributed by atoms with Crippen molar-refractivity contribution in [1.29, 1.82) is 0 Å². The zero-order chi connectivity index (χ0) is 11.7. The van der Waals surface area contributed by atoms with Gasteiger partial charge in [0.15, 0.2) is 0 Å². The summed E-state index contributed by atoms with van der Waals surface area (Å²) < 4.78 is 0.884. The van der Waals surface area contributed by atoms with Gasteiger partial charge in [-0.05, 0) is 18.1 Å². The van der Waals surface area contributed by atoms with E-state index in [4.69, 9.17) is 0 Å². The van der Waals surface area contributed by atoms with Crippen molar-refractivity contribution in [3.63, 3.8) is 0 Å². The number of carbonyl (C=O) groups is 1. The fourth-order valence-electron chi connectivity index (χ4n) is 2.12. The van der Waals surface area contributed by atoms with E-state index in [1.165, 1.54) is 0 Å². The van der Waals surface area contributed by atoms with Gasteiger partial charge in [0.1, 0.15) is 6.10 Å². The Labute approximate surface area is 103 Å². The van der Waals surface area contributed by atoms with Crippen LogP contribution in [0.15, 0.2) is 28.7 Å². The highest BCUT2D eigenvalue weighted by Gasteiger charge is 2.34. The molecule has 1 fully saturated rings. The number of benzene rings is 1. The first-order valence-corrected chi connectivity index (χ1v) is 6.08. The Bertz CT molecular complexity index is 408. The first kappa shape index (κ1) is 11.6. The van der Waals surface area contributed by atoms with Gasteiger partial charge in [0.25, 0.3) is 0 Å². The van der Waals surface area contributed by atoms with Crippen molar-refractivity contribution in [3.8, 4) is 0 Å². The van der Waals surface area contributed by atoms with Gasteiger partial charge < -0.3 is 10.0 Å². The third-order valence-electron chi connectivity index (χ3n) is 3.13. The number of hydrogen-bond acceptors (Lipinski definition) is 2. The average molecular weight is 284 g/mol. The summed E-state index contributed by atoms with van der Waals surface area (Å²) in [5.74, 6) is 0.108. The number of nitrogens with zero attached hydrogens (tertiary/aromatic N) is 1. The Morgan fingerprint density at radius 3 is 2.75 bits per heavy atom. The SMILES string of the molecule is CN1C(=O)CC[C@@H]1[C@@H](O)c1ccccc1Br. The van der Waals surface area contributed by atoms with Crippen molar-refractivity contribution in [1.82, 2.24) is 4.90 Å². The third kappa shape index (κ3) is 1.99. The van der Waals surface area contributed by atoms with E-state index >= 15 is 0 Å². The molecule has 1 aromatic carbocycles. The fraction of sp³-hybridized carbons (Fsp3) is 0.417. The molecule has 86 valence electrons. The molecule has 1 heterocycles. The number of rotatable bonds is 2. The van der Waals surface area contributed by atoms with Crippen LogP contribution in [0, 0.1) is 0 Å². The lowest BCUT2D eigenvalue weighted by atomic mass is 10.0. The van der Waals surface area contributed by atoms with Crippen LogP contribution in [0.2, 0.25) is 0 Å². The van der Waals surface area contributed by atoms with E-state index in [2.05, 4.69) is 15.9 Å². The van der Waals surface area contributed by atoms with Gasteiger partial charge in [-0.2, -0.15) is 0 Å². The van der Waals surface area contributed by atoms with E-state index in [0.29, 0.717) is 6.42 Å². The van der Waals surface area contributed by atoms with Crippen LogP contribution in [0.3, 0.4) is 0 Å². The molecule has 3 nitrogen and oxygen atoms in total. The van der Waals surface area contributed by atoms with Crippen LogP contribution in [0.1, 0.15) is 24.5 Å². The molecule has 0 saturated carbocycles. The molecule has 1 N–H and O–H groups in total. The van der Waals surface area contributed by atoms with Crippen LogP contribution in [-0.4, -0.2) is 29.0 Å². The fourth-order valence-corrected chi connectivity index (χ4v) is 2.64. The molecular weight excluding hydrogens is 270 g/mol. The third-order valence-corrected chi connectivity index (χ3v) is 3.86. The molecule has 2 rings (SSSR count). The van der Waals surface area contributed by atoms with Gasteiger partial charge in [-0.15, -0.1) is 0 Å². The normalized spacial score (nSPS) is 22.6. The summed E-state index contributed by atoms with van der Waals surface area (Å²) in [4.78, 5) is 13.1. The lowest BCUT2D eigenvalue weighted by molar-refractivity contribution is -0.128. The van der Waals surface area contributed by atoms with Crippen LogP contribution in [-0.2, 0) is 4.79 Å². The standard InChI is InChI=1S/C12H14BrNO2/c1-14-10(6-7-11(14)15)12(16)8-4-2-3-5-9(8)13/h2-5,10,12,16H,6-7H2,1H3/t10-,12+/m1/s1. The molecule has 1 saturated heterocycles. The Balaban J connectivity index is 2.23. The second-order valence-electron chi connectivity index (χ2n) is 4.08. The lowest BCUT2D eigenvalue weighted by Crippen LogP contribution is -2.33. The summed E-state index contributed by atoms with van der Waals surface area (Å²) in [5.41, 5.74) is 0.842. The van der Waals surface area contributed by atoms with Crippen molar-refractivity contribution >= 4 is 21.8 Å². The van der Waals surface area contributed by atoms with Crippen molar-refractivity contribution in [2.45, 2.75) is 25.0 Å². The first-order chi connectivity index (χ1) is 7.61. The van der Waals surface area contributed by atoms with E-state index in [1.807, 2.05) is 24.3 Å². The minimum atomic E-state index is -0.618. The molecule has 0 aliphatic carbocycles. The molecule has 0 aromatic heterocycles. The molecular formula is C12H14BrNO2. The van der Waals surface area contributed by atoms with E-state index in [0.717, 1.165) is 16.5 Å². The van der Waals surface area contributed by atoms with E-state index in [9.17, 15) is 9.90 Å². The molecule has 1 amide bonds. The van der Waals surface area contributed by atoms with Crippen molar-refractivity contribution in [2.24, 2.45) is 0 Å². The van der Waals surface area contributed by atoms with Crippen LogP contribution < -0.4 is 0 Å². The summed E-state index contributed by atoms with van der Waals surface area (Å²) in [6.07, 6.45) is 0.632. The van der Waals surface area contributed by atoms with E-state index in [-0.39, 0.29) is 11.9 Å². The maximum Gasteiger partial charge on any atom is 0.222 e. The molecule has 0 spiro atoms. The second kappa shape index (κ2) is 4.55. The molecule has 0 bridgehead atoms. The second-order valence-corrected chi connectivity index (χ2v) is 4.93. The smallest absolute Gasteiger partial charge is 0.222 e. The predicted octanol–water partition coefficient (Wildman–Crippen LogP) is 2.10. The summed E-state index contributed by atoms with van der Waals surface area (Å²) >= 11 is 3.42. The number of amides is 1. The Morgan fingerprint density at radius 2 is 2.19 bits per heavy atom. The Kier molecular flexibility index (Phi) is 3.30. The van der Waals surface area contributed by atoms with Crippen molar-refractivity contribution in [2.75, 3.05) is 7.05 Å². The molecule has 4 heteroatoms. The maximum absolute atomic E-state index is 11.4. The molecule has 2 atom stereocenters. The molecule has 0 unspecified atom stereocenters. The number of likely N-dealkylation sites (tertiary alicyclic amines) is 1. The molecule has 1 aliphatic rings. The first-order valence-electron chi connectivity index (χ1n) is 5.29. The van der Waals surface area contributed by atoms with Crippen molar-refractivity contribution < 1.29 is 9.90 Å². The summed E-state index contributed by atoms with van der Waals surface area (Å²) in [6.45, 7) is 0. The van der Waals surface area contributed by atoms with Gasteiger partial charge in [-0.1, -0.05) is 34.1 Å². The highest BCUT2D eigenvalue weighted by molar-refractivity contribution is 9.10. The van der Waals surface area contributed by atoms with Gasteiger partial charge >= 0.3 is 0 Å². The Morgan fingerprint density at radius 1 is 1.50 bits per heavy atom. The summed E-state index contributed by atoms with van der Waals surface area (Å²) in [6, 6.07) is 7.47. The lowest BCUT2D eigenvalue weighted by Gasteiger charge is -2.26. The minimum absolute atomic E-state index is 0.105. The zero-order valence-corrected chi connectivity index (χ0v) is 10.6. The average Bonchev–Trinajstić information content (AvgIpc) is 2.60. The topological polar surface area (TPSA) is 40.5 Å². The van der Waals surface area contributed by atoms with Crippen LogP contribution in [0.25, 0.3) is 0 Å². The predicted molar refractivity (Wildman–Crippen MR) is 64.9 cm³/mol. The van der Waals surface area contributed by atoms with Gasteiger partial charge in [0.2, 0.25) is 5.91 Å². The number of hydrogen-bond donors (Lipinski definition) is 1.